The third-order valence-electron chi connectivity index (χ3n) is 2.56. The molecule has 0 aromatic rings. The average molecular weight is 202 g/mol. The fraction of sp³-hybridized carbons (Fsp3) is 0.889. The highest BCUT2D eigenvalue weighted by atomic mass is 16.3. The van der Waals surface area contributed by atoms with Gasteiger partial charge in [0.25, 0.3) is 0 Å². The van der Waals surface area contributed by atoms with Crippen LogP contribution in [0.1, 0.15) is 13.8 Å². The molecule has 1 aliphatic heterocycles. The van der Waals surface area contributed by atoms with E-state index in [0.29, 0.717) is 13.1 Å². The molecule has 5 heteroatoms. The maximum Gasteiger partial charge on any atom is 0.320 e. The van der Waals surface area contributed by atoms with Gasteiger partial charge >= 0.3 is 6.03 Å². The van der Waals surface area contributed by atoms with Gasteiger partial charge in [0.05, 0.1) is 25.3 Å². The molecule has 0 aromatic heterocycles. The maximum atomic E-state index is 11.7. The van der Waals surface area contributed by atoms with E-state index in [1.165, 1.54) is 4.90 Å². The third-order valence-corrected chi connectivity index (χ3v) is 2.56. The van der Waals surface area contributed by atoms with E-state index in [-0.39, 0.29) is 19.1 Å². The first-order valence-corrected chi connectivity index (χ1v) is 5.00. The van der Waals surface area contributed by atoms with Crippen LogP contribution in [0.25, 0.3) is 0 Å². The minimum Gasteiger partial charge on any atom is -0.388 e. The number of nitrogens with zero attached hydrogens (tertiary/aromatic N) is 2. The molecule has 1 rings (SSSR count). The van der Waals surface area contributed by atoms with Crippen LogP contribution in [0.15, 0.2) is 0 Å². The van der Waals surface area contributed by atoms with E-state index in [4.69, 9.17) is 0 Å². The van der Waals surface area contributed by atoms with E-state index in [2.05, 4.69) is 0 Å². The van der Waals surface area contributed by atoms with E-state index in [0.717, 1.165) is 0 Å². The summed E-state index contributed by atoms with van der Waals surface area (Å²) in [6.07, 6.45) is -1.59. The normalized spacial score (nSPS) is 26.7. The van der Waals surface area contributed by atoms with Gasteiger partial charge in [-0.15, -0.1) is 0 Å². The molecule has 2 atom stereocenters. The fourth-order valence-corrected chi connectivity index (χ4v) is 1.62. The molecule has 14 heavy (non-hydrogen) atoms. The molecular weight excluding hydrogens is 184 g/mol. The smallest absolute Gasteiger partial charge is 0.320 e. The van der Waals surface area contributed by atoms with Gasteiger partial charge in [0, 0.05) is 13.1 Å². The number of aliphatic hydroxyl groups is 2. The maximum absolute atomic E-state index is 11.7. The molecule has 1 aliphatic rings. The first-order chi connectivity index (χ1) is 6.60. The molecular formula is C9H18N2O3. The number of rotatable bonds is 2. The van der Waals surface area contributed by atoms with Gasteiger partial charge in [-0.05, 0) is 13.8 Å². The lowest BCUT2D eigenvalue weighted by Crippen LogP contribution is -2.42. The molecule has 2 amide bonds. The van der Waals surface area contributed by atoms with Gasteiger partial charge in [-0.2, -0.15) is 0 Å². The van der Waals surface area contributed by atoms with Crippen LogP contribution in [0.4, 0.5) is 4.79 Å². The molecule has 0 radical (unpaired) electrons. The molecule has 2 unspecified atom stereocenters. The fourth-order valence-electron chi connectivity index (χ4n) is 1.62. The molecule has 0 spiro atoms. The van der Waals surface area contributed by atoms with Crippen molar-refractivity contribution in [2.75, 3.05) is 26.2 Å². The lowest BCUT2D eigenvalue weighted by atomic mass is 10.3. The predicted molar refractivity (Wildman–Crippen MR) is 51.9 cm³/mol. The minimum atomic E-state index is -0.797. The van der Waals surface area contributed by atoms with Gasteiger partial charge < -0.3 is 20.0 Å². The molecule has 0 aliphatic carbocycles. The predicted octanol–water partition coefficient (Wildman–Crippen LogP) is -0.514. The number of hydrogen-bond donors (Lipinski definition) is 2. The van der Waals surface area contributed by atoms with Gasteiger partial charge in [-0.3, -0.25) is 0 Å². The highest BCUT2D eigenvalue weighted by Gasteiger charge is 2.33. The van der Waals surface area contributed by atoms with Crippen molar-refractivity contribution in [2.45, 2.75) is 26.1 Å². The summed E-state index contributed by atoms with van der Waals surface area (Å²) in [5.41, 5.74) is 0. The largest absolute Gasteiger partial charge is 0.388 e. The number of likely N-dealkylation sites (tertiary alicyclic amines) is 1. The number of carbonyl (C=O) groups is 1. The van der Waals surface area contributed by atoms with Crippen molar-refractivity contribution in [3.63, 3.8) is 0 Å². The first kappa shape index (κ1) is 11.3. The zero-order valence-electron chi connectivity index (χ0n) is 8.68. The summed E-state index contributed by atoms with van der Waals surface area (Å²) >= 11 is 0. The zero-order valence-corrected chi connectivity index (χ0v) is 8.68. The van der Waals surface area contributed by atoms with Crippen molar-refractivity contribution >= 4 is 6.03 Å². The Kier molecular flexibility index (Phi) is 3.71. The van der Waals surface area contributed by atoms with Crippen molar-refractivity contribution in [2.24, 2.45) is 0 Å². The summed E-state index contributed by atoms with van der Waals surface area (Å²) in [6.45, 7) is 5.58. The van der Waals surface area contributed by atoms with Crippen LogP contribution in [0.3, 0.4) is 0 Å². The summed E-state index contributed by atoms with van der Waals surface area (Å²) in [7, 11) is 0. The van der Waals surface area contributed by atoms with Crippen LogP contribution in [-0.4, -0.2) is 64.4 Å². The topological polar surface area (TPSA) is 64.0 Å². The lowest BCUT2D eigenvalue weighted by molar-refractivity contribution is 0.0572. The van der Waals surface area contributed by atoms with Crippen LogP contribution >= 0.6 is 0 Å². The van der Waals surface area contributed by atoms with Crippen molar-refractivity contribution in [3.8, 4) is 0 Å². The number of carbonyl (C=O) groups excluding carboxylic acids is 1. The molecule has 0 bridgehead atoms. The average Bonchev–Trinajstić information content (AvgIpc) is 2.49. The van der Waals surface area contributed by atoms with E-state index < -0.39 is 12.2 Å². The Hall–Kier alpha value is -0.810. The van der Waals surface area contributed by atoms with Gasteiger partial charge in [-0.1, -0.05) is 0 Å². The summed E-state index contributed by atoms with van der Waals surface area (Å²) in [5, 5.41) is 18.6. The van der Waals surface area contributed by atoms with Crippen LogP contribution in [0.2, 0.25) is 0 Å². The molecule has 1 fully saturated rings. The summed E-state index contributed by atoms with van der Waals surface area (Å²) in [5.74, 6) is 0. The molecule has 2 N–H and O–H groups in total. The summed E-state index contributed by atoms with van der Waals surface area (Å²) in [6, 6.07) is -0.106. The zero-order chi connectivity index (χ0) is 10.7. The molecule has 0 aromatic carbocycles. The Morgan fingerprint density at radius 2 is 1.71 bits per heavy atom. The van der Waals surface area contributed by atoms with Gasteiger partial charge in [0.15, 0.2) is 0 Å². The van der Waals surface area contributed by atoms with Gasteiger partial charge in [0.1, 0.15) is 0 Å². The minimum absolute atomic E-state index is 0.106. The van der Waals surface area contributed by atoms with E-state index in [1.54, 1.807) is 4.90 Å². The van der Waals surface area contributed by atoms with Crippen LogP contribution in [-0.2, 0) is 0 Å². The van der Waals surface area contributed by atoms with Crippen molar-refractivity contribution in [3.05, 3.63) is 0 Å². The Labute approximate surface area is 83.9 Å². The lowest BCUT2D eigenvalue weighted by Gasteiger charge is -2.25. The van der Waals surface area contributed by atoms with Crippen molar-refractivity contribution < 1.29 is 15.0 Å². The van der Waals surface area contributed by atoms with Crippen LogP contribution in [0, 0.1) is 0 Å². The van der Waals surface area contributed by atoms with E-state index >= 15 is 0 Å². The quantitative estimate of drug-likeness (QED) is 0.633. The van der Waals surface area contributed by atoms with Gasteiger partial charge in [0.2, 0.25) is 0 Å². The van der Waals surface area contributed by atoms with Gasteiger partial charge in [-0.25, -0.2) is 4.79 Å². The summed E-state index contributed by atoms with van der Waals surface area (Å²) < 4.78 is 0. The van der Waals surface area contributed by atoms with E-state index in [1.807, 2.05) is 13.8 Å². The standard InChI is InChI=1S/C9H18N2O3/c1-3-10(4-2)9(14)11-5-7(12)8(13)6-11/h7-8,12-13H,3-6H2,1-2H3. The van der Waals surface area contributed by atoms with Crippen molar-refractivity contribution in [1.29, 1.82) is 0 Å². The number of aliphatic hydroxyl groups excluding tert-OH is 2. The molecule has 5 nitrogen and oxygen atoms in total. The van der Waals surface area contributed by atoms with Crippen LogP contribution in [0.5, 0.6) is 0 Å². The Bertz CT molecular complexity index is 196. The molecule has 0 saturated carbocycles. The number of hydrogen-bond acceptors (Lipinski definition) is 3. The third kappa shape index (κ3) is 2.16. The second-order valence-electron chi connectivity index (χ2n) is 3.49. The highest BCUT2D eigenvalue weighted by molar-refractivity contribution is 5.74. The molecule has 1 heterocycles. The van der Waals surface area contributed by atoms with Crippen molar-refractivity contribution in [1.82, 2.24) is 9.80 Å². The first-order valence-electron chi connectivity index (χ1n) is 5.00. The number of β-amino-alcohol motifs (C(OH)–C–C–N with tert-alkyl or cyclic N) is 2. The molecule has 1 saturated heterocycles. The monoisotopic (exact) mass is 202 g/mol. The SMILES string of the molecule is CCN(CC)C(=O)N1CC(O)C(O)C1. The Morgan fingerprint density at radius 1 is 1.29 bits per heavy atom. The summed E-state index contributed by atoms with van der Waals surface area (Å²) in [4.78, 5) is 14.9. The Balaban J connectivity index is 2.54. The molecule has 82 valence electrons. The van der Waals surface area contributed by atoms with Crippen LogP contribution < -0.4 is 0 Å². The Morgan fingerprint density at radius 3 is 2.07 bits per heavy atom. The highest BCUT2D eigenvalue weighted by Crippen LogP contribution is 2.12. The second-order valence-corrected chi connectivity index (χ2v) is 3.49. The number of amides is 2. The second kappa shape index (κ2) is 4.61. The number of urea groups is 1. The van der Waals surface area contributed by atoms with E-state index in [9.17, 15) is 15.0 Å².